The average molecular weight is 224 g/mol. The number of allylic oxidation sites excluding steroid dienone is 3. The Morgan fingerprint density at radius 2 is 1.94 bits per heavy atom. The predicted octanol–water partition coefficient (Wildman–Crippen LogP) is 4.02. The van der Waals surface area contributed by atoms with Crippen LogP contribution in [0.25, 0.3) is 0 Å². The Labute approximate surface area is 99.4 Å². The molecule has 0 aromatic rings. The molecule has 2 nitrogen and oxygen atoms in total. The summed E-state index contributed by atoms with van der Waals surface area (Å²) in [5, 5.41) is 0. The molecule has 0 fully saturated rings. The summed E-state index contributed by atoms with van der Waals surface area (Å²) in [5.41, 5.74) is 2.62. The van der Waals surface area contributed by atoms with Crippen molar-refractivity contribution in [2.75, 3.05) is 0 Å². The number of rotatable bonds is 6. The fourth-order valence-electron chi connectivity index (χ4n) is 1.40. The van der Waals surface area contributed by atoms with E-state index in [1.165, 1.54) is 11.1 Å². The van der Waals surface area contributed by atoms with Gasteiger partial charge in [0.25, 0.3) is 0 Å². The molecule has 0 saturated carbocycles. The summed E-state index contributed by atoms with van der Waals surface area (Å²) in [6, 6.07) is 0. The van der Waals surface area contributed by atoms with E-state index in [2.05, 4.69) is 26.8 Å². The standard InChI is InChI=1S/C14H24O2/c1-6-14(15)16-13(5)10-12(4)9-7-8-11(2)3/h8,10,13H,6-7,9H2,1-5H3. The molecule has 16 heavy (non-hydrogen) atoms. The summed E-state index contributed by atoms with van der Waals surface area (Å²) in [6.45, 7) is 9.99. The number of carbonyl (C=O) groups is 1. The van der Waals surface area contributed by atoms with Crippen LogP contribution in [0, 0.1) is 0 Å². The second-order valence-electron chi connectivity index (χ2n) is 4.38. The van der Waals surface area contributed by atoms with Gasteiger partial charge in [-0.3, -0.25) is 4.79 Å². The summed E-state index contributed by atoms with van der Waals surface area (Å²) in [6.07, 6.45) is 6.65. The van der Waals surface area contributed by atoms with E-state index in [9.17, 15) is 4.79 Å². The van der Waals surface area contributed by atoms with Crippen LogP contribution in [0.4, 0.5) is 0 Å². The topological polar surface area (TPSA) is 26.3 Å². The maximum atomic E-state index is 11.0. The van der Waals surface area contributed by atoms with Crippen molar-refractivity contribution in [2.24, 2.45) is 0 Å². The molecular formula is C14H24O2. The van der Waals surface area contributed by atoms with E-state index in [0.29, 0.717) is 6.42 Å². The summed E-state index contributed by atoms with van der Waals surface area (Å²) in [4.78, 5) is 11.0. The van der Waals surface area contributed by atoms with Gasteiger partial charge in [-0.2, -0.15) is 0 Å². The van der Waals surface area contributed by atoms with Gasteiger partial charge in [-0.15, -0.1) is 0 Å². The van der Waals surface area contributed by atoms with Crippen molar-refractivity contribution in [1.29, 1.82) is 0 Å². The Balaban J connectivity index is 4.01. The normalized spacial score (nSPS) is 13.2. The van der Waals surface area contributed by atoms with Crippen LogP contribution in [0.1, 0.15) is 53.9 Å². The van der Waals surface area contributed by atoms with E-state index >= 15 is 0 Å². The van der Waals surface area contributed by atoms with Crippen molar-refractivity contribution in [3.8, 4) is 0 Å². The maximum Gasteiger partial charge on any atom is 0.306 e. The highest BCUT2D eigenvalue weighted by atomic mass is 16.5. The van der Waals surface area contributed by atoms with E-state index in [0.717, 1.165) is 12.8 Å². The number of ether oxygens (including phenoxy) is 1. The minimum Gasteiger partial charge on any atom is -0.458 e. The molecule has 0 saturated heterocycles. The molecule has 0 aromatic carbocycles. The molecule has 92 valence electrons. The molecule has 0 aliphatic heterocycles. The lowest BCUT2D eigenvalue weighted by Crippen LogP contribution is -2.11. The van der Waals surface area contributed by atoms with Crippen LogP contribution in [0.5, 0.6) is 0 Å². The first-order chi connectivity index (χ1) is 7.45. The molecule has 1 atom stereocenters. The maximum absolute atomic E-state index is 11.0. The Morgan fingerprint density at radius 3 is 2.44 bits per heavy atom. The second kappa shape index (κ2) is 8.14. The Bertz CT molecular complexity index is 270. The first kappa shape index (κ1) is 14.9. The second-order valence-corrected chi connectivity index (χ2v) is 4.38. The molecule has 0 aliphatic carbocycles. The van der Waals surface area contributed by atoms with Gasteiger partial charge in [0.2, 0.25) is 0 Å². The van der Waals surface area contributed by atoms with Gasteiger partial charge in [0, 0.05) is 6.42 Å². The number of hydrogen-bond acceptors (Lipinski definition) is 2. The molecule has 0 amide bonds. The van der Waals surface area contributed by atoms with Gasteiger partial charge in [0.15, 0.2) is 0 Å². The van der Waals surface area contributed by atoms with E-state index in [4.69, 9.17) is 4.74 Å². The molecule has 0 radical (unpaired) electrons. The van der Waals surface area contributed by atoms with Crippen LogP contribution in [-0.4, -0.2) is 12.1 Å². The summed E-state index contributed by atoms with van der Waals surface area (Å²) in [7, 11) is 0. The largest absolute Gasteiger partial charge is 0.458 e. The van der Waals surface area contributed by atoms with E-state index in [1.54, 1.807) is 6.92 Å². The van der Waals surface area contributed by atoms with Crippen LogP contribution >= 0.6 is 0 Å². The third kappa shape index (κ3) is 8.27. The van der Waals surface area contributed by atoms with E-state index in [-0.39, 0.29) is 12.1 Å². The van der Waals surface area contributed by atoms with Crippen molar-refractivity contribution in [3.05, 3.63) is 23.3 Å². The Morgan fingerprint density at radius 1 is 1.31 bits per heavy atom. The summed E-state index contributed by atoms with van der Waals surface area (Å²) >= 11 is 0. The molecular weight excluding hydrogens is 200 g/mol. The molecule has 0 spiro atoms. The van der Waals surface area contributed by atoms with Crippen LogP contribution in [0.2, 0.25) is 0 Å². The molecule has 0 rings (SSSR count). The number of esters is 1. The third-order valence-corrected chi connectivity index (χ3v) is 2.22. The van der Waals surface area contributed by atoms with Gasteiger partial charge in [0.1, 0.15) is 6.10 Å². The monoisotopic (exact) mass is 224 g/mol. The molecule has 2 heteroatoms. The highest BCUT2D eigenvalue weighted by molar-refractivity contribution is 5.69. The van der Waals surface area contributed by atoms with Crippen molar-refractivity contribution >= 4 is 5.97 Å². The SMILES string of the molecule is CCC(=O)OC(C)C=C(C)CCC=C(C)C. The average Bonchev–Trinajstić information content (AvgIpc) is 2.16. The van der Waals surface area contributed by atoms with Crippen LogP contribution < -0.4 is 0 Å². The molecule has 1 unspecified atom stereocenters. The lowest BCUT2D eigenvalue weighted by molar-refractivity contribution is -0.145. The van der Waals surface area contributed by atoms with E-state index in [1.807, 2.05) is 13.0 Å². The van der Waals surface area contributed by atoms with Gasteiger partial charge < -0.3 is 4.74 Å². The van der Waals surface area contributed by atoms with Crippen molar-refractivity contribution in [1.82, 2.24) is 0 Å². The van der Waals surface area contributed by atoms with Crippen LogP contribution in [0.15, 0.2) is 23.3 Å². The van der Waals surface area contributed by atoms with E-state index < -0.39 is 0 Å². The first-order valence-electron chi connectivity index (χ1n) is 5.95. The van der Waals surface area contributed by atoms with Gasteiger partial charge in [0.05, 0.1) is 0 Å². The molecule has 0 aromatic heterocycles. The van der Waals surface area contributed by atoms with Gasteiger partial charge in [-0.05, 0) is 46.6 Å². The van der Waals surface area contributed by atoms with Crippen LogP contribution in [-0.2, 0) is 9.53 Å². The Kier molecular flexibility index (Phi) is 7.61. The minimum atomic E-state index is -0.138. The predicted molar refractivity (Wildman–Crippen MR) is 68.3 cm³/mol. The fraction of sp³-hybridized carbons (Fsp3) is 0.643. The van der Waals surface area contributed by atoms with Gasteiger partial charge in [-0.25, -0.2) is 0 Å². The number of hydrogen-bond donors (Lipinski definition) is 0. The van der Waals surface area contributed by atoms with Gasteiger partial charge >= 0.3 is 5.97 Å². The smallest absolute Gasteiger partial charge is 0.306 e. The first-order valence-corrected chi connectivity index (χ1v) is 5.95. The fourth-order valence-corrected chi connectivity index (χ4v) is 1.40. The lowest BCUT2D eigenvalue weighted by atomic mass is 10.1. The quantitative estimate of drug-likeness (QED) is 0.503. The molecule has 0 heterocycles. The molecule has 0 bridgehead atoms. The zero-order valence-electron chi connectivity index (χ0n) is 11.2. The van der Waals surface area contributed by atoms with Gasteiger partial charge in [-0.1, -0.05) is 24.1 Å². The zero-order chi connectivity index (χ0) is 12.6. The van der Waals surface area contributed by atoms with Crippen molar-refractivity contribution in [2.45, 2.75) is 60.0 Å². The third-order valence-electron chi connectivity index (χ3n) is 2.22. The molecule has 0 aliphatic rings. The summed E-state index contributed by atoms with van der Waals surface area (Å²) in [5.74, 6) is -0.138. The Hall–Kier alpha value is -1.05. The van der Waals surface area contributed by atoms with Crippen LogP contribution in [0.3, 0.4) is 0 Å². The zero-order valence-corrected chi connectivity index (χ0v) is 11.2. The highest BCUT2D eigenvalue weighted by Crippen LogP contribution is 2.09. The minimum absolute atomic E-state index is 0.112. The number of carbonyl (C=O) groups excluding carboxylic acids is 1. The lowest BCUT2D eigenvalue weighted by Gasteiger charge is -2.09. The van der Waals surface area contributed by atoms with Crippen molar-refractivity contribution in [3.63, 3.8) is 0 Å². The summed E-state index contributed by atoms with van der Waals surface area (Å²) < 4.78 is 5.17. The highest BCUT2D eigenvalue weighted by Gasteiger charge is 2.04. The molecule has 0 N–H and O–H groups in total. The van der Waals surface area contributed by atoms with Crippen molar-refractivity contribution < 1.29 is 9.53 Å².